The van der Waals surface area contributed by atoms with Gasteiger partial charge in [-0.3, -0.25) is 4.98 Å². The zero-order chi connectivity index (χ0) is 17.3. The van der Waals surface area contributed by atoms with E-state index in [0.717, 1.165) is 0 Å². The third-order valence-electron chi connectivity index (χ3n) is 3.77. The fraction of sp³-hybridized carbons (Fsp3) is 0.158. The lowest BCUT2D eigenvalue weighted by Crippen LogP contribution is -2.08. The predicted molar refractivity (Wildman–Crippen MR) is 88.2 cm³/mol. The first kappa shape index (κ1) is 16.0. The van der Waals surface area contributed by atoms with Crippen LogP contribution in [0.25, 0.3) is 22.2 Å². The first-order valence-corrected chi connectivity index (χ1v) is 7.34. The minimum Gasteiger partial charge on any atom is -0.380 e. The van der Waals surface area contributed by atoms with Crippen molar-refractivity contribution in [2.45, 2.75) is 19.4 Å². The lowest BCUT2D eigenvalue weighted by molar-refractivity contribution is 0.232. The van der Waals surface area contributed by atoms with E-state index in [0.29, 0.717) is 22.3 Å². The number of aliphatic hydroxyl groups is 1. The standard InChI is InChI=1S/C19H14F2N2O/c1-3-14(24)9-13-10-22-17-8-12(5-7-16(17)23-13)15-6-4-11(2)18(20)19(15)21/h1,4-8,10,14,24H,9H2,2H3. The Bertz CT molecular complexity index is 963. The Morgan fingerprint density at radius 3 is 2.71 bits per heavy atom. The van der Waals surface area contributed by atoms with Crippen molar-refractivity contribution >= 4 is 11.0 Å². The van der Waals surface area contributed by atoms with Gasteiger partial charge in [-0.2, -0.15) is 0 Å². The molecule has 0 amide bonds. The number of rotatable bonds is 3. The van der Waals surface area contributed by atoms with Crippen LogP contribution in [0.2, 0.25) is 0 Å². The summed E-state index contributed by atoms with van der Waals surface area (Å²) in [6.45, 7) is 1.51. The summed E-state index contributed by atoms with van der Waals surface area (Å²) in [4.78, 5) is 8.63. The molecule has 0 aliphatic rings. The first-order chi connectivity index (χ1) is 11.5. The maximum Gasteiger partial charge on any atom is 0.166 e. The van der Waals surface area contributed by atoms with Crippen LogP contribution in [0.3, 0.4) is 0 Å². The van der Waals surface area contributed by atoms with Crippen molar-refractivity contribution in [3.05, 3.63) is 59.4 Å². The highest BCUT2D eigenvalue weighted by molar-refractivity contribution is 5.81. The monoisotopic (exact) mass is 324 g/mol. The zero-order valence-electron chi connectivity index (χ0n) is 12.9. The molecule has 3 nitrogen and oxygen atoms in total. The van der Waals surface area contributed by atoms with E-state index in [1.54, 1.807) is 24.3 Å². The van der Waals surface area contributed by atoms with Gasteiger partial charge in [-0.1, -0.05) is 24.1 Å². The van der Waals surface area contributed by atoms with Gasteiger partial charge in [0.2, 0.25) is 0 Å². The molecule has 1 N–H and O–H groups in total. The number of fused-ring (bicyclic) bond motifs is 1. The molecule has 1 heterocycles. The predicted octanol–water partition coefficient (Wildman–Crippen LogP) is 3.42. The van der Waals surface area contributed by atoms with Crippen LogP contribution in [-0.4, -0.2) is 21.2 Å². The van der Waals surface area contributed by atoms with Crippen LogP contribution < -0.4 is 0 Å². The molecular formula is C19H14F2N2O. The molecule has 0 bridgehead atoms. The second kappa shape index (κ2) is 6.34. The number of benzene rings is 2. The van der Waals surface area contributed by atoms with E-state index in [-0.39, 0.29) is 17.5 Å². The second-order valence-electron chi connectivity index (χ2n) is 5.51. The molecule has 1 unspecified atom stereocenters. The van der Waals surface area contributed by atoms with Crippen molar-refractivity contribution in [2.24, 2.45) is 0 Å². The molecule has 1 atom stereocenters. The minimum atomic E-state index is -0.916. The summed E-state index contributed by atoms with van der Waals surface area (Å²) < 4.78 is 27.9. The van der Waals surface area contributed by atoms with E-state index in [9.17, 15) is 13.9 Å². The molecule has 0 radical (unpaired) electrons. The Hall–Kier alpha value is -2.84. The molecule has 5 heteroatoms. The number of hydrogen-bond donors (Lipinski definition) is 1. The molecule has 0 fully saturated rings. The third-order valence-corrected chi connectivity index (χ3v) is 3.77. The van der Waals surface area contributed by atoms with Gasteiger partial charge in [0.1, 0.15) is 6.10 Å². The normalized spacial score (nSPS) is 12.1. The molecule has 24 heavy (non-hydrogen) atoms. The summed E-state index contributed by atoms with van der Waals surface area (Å²) in [6.07, 6.45) is 5.94. The summed E-state index contributed by atoms with van der Waals surface area (Å²) in [6, 6.07) is 8.07. The van der Waals surface area contributed by atoms with Crippen LogP contribution in [0.4, 0.5) is 8.78 Å². The molecule has 3 aromatic rings. The molecule has 0 spiro atoms. The molecule has 0 aliphatic carbocycles. The summed E-state index contributed by atoms with van der Waals surface area (Å²) in [5.74, 6) is 0.490. The van der Waals surface area contributed by atoms with Crippen LogP contribution >= 0.6 is 0 Å². The van der Waals surface area contributed by atoms with Gasteiger partial charge in [-0.25, -0.2) is 13.8 Å². The Morgan fingerprint density at radius 2 is 1.96 bits per heavy atom. The molecule has 1 aromatic heterocycles. The highest BCUT2D eigenvalue weighted by Crippen LogP contribution is 2.28. The van der Waals surface area contributed by atoms with Crippen molar-refractivity contribution in [1.29, 1.82) is 0 Å². The van der Waals surface area contributed by atoms with Gasteiger partial charge >= 0.3 is 0 Å². The van der Waals surface area contributed by atoms with Crippen LogP contribution in [-0.2, 0) is 6.42 Å². The molecule has 0 aliphatic heterocycles. The van der Waals surface area contributed by atoms with Gasteiger partial charge in [-0.05, 0) is 30.2 Å². The molecule has 0 saturated carbocycles. The van der Waals surface area contributed by atoms with E-state index in [2.05, 4.69) is 15.9 Å². The van der Waals surface area contributed by atoms with E-state index in [1.807, 2.05) is 0 Å². The molecular weight excluding hydrogens is 310 g/mol. The van der Waals surface area contributed by atoms with Crippen LogP contribution in [0.15, 0.2) is 36.5 Å². The molecule has 2 aromatic carbocycles. The number of nitrogens with zero attached hydrogens (tertiary/aromatic N) is 2. The number of aryl methyl sites for hydroxylation is 1. The van der Waals surface area contributed by atoms with Crippen molar-refractivity contribution in [3.8, 4) is 23.5 Å². The lowest BCUT2D eigenvalue weighted by atomic mass is 10.0. The van der Waals surface area contributed by atoms with Gasteiger partial charge < -0.3 is 5.11 Å². The second-order valence-corrected chi connectivity index (χ2v) is 5.51. The summed E-state index contributed by atoms with van der Waals surface area (Å²) in [7, 11) is 0. The lowest BCUT2D eigenvalue weighted by Gasteiger charge is -2.08. The number of terminal acetylenes is 1. The Balaban J connectivity index is 2.02. The van der Waals surface area contributed by atoms with E-state index >= 15 is 0 Å². The van der Waals surface area contributed by atoms with Crippen LogP contribution in [0.5, 0.6) is 0 Å². The Kier molecular flexibility index (Phi) is 4.24. The average molecular weight is 324 g/mol. The quantitative estimate of drug-likeness (QED) is 0.751. The van der Waals surface area contributed by atoms with Crippen LogP contribution in [0.1, 0.15) is 11.3 Å². The average Bonchev–Trinajstić information content (AvgIpc) is 2.59. The van der Waals surface area contributed by atoms with Crippen molar-refractivity contribution < 1.29 is 13.9 Å². The maximum atomic E-state index is 14.1. The fourth-order valence-corrected chi connectivity index (χ4v) is 2.44. The minimum absolute atomic E-state index is 0.175. The summed E-state index contributed by atoms with van der Waals surface area (Å²) in [5.41, 5.74) is 2.65. The highest BCUT2D eigenvalue weighted by Gasteiger charge is 2.13. The number of hydrogen-bond acceptors (Lipinski definition) is 3. The number of aromatic nitrogens is 2. The van der Waals surface area contributed by atoms with Gasteiger partial charge in [0.25, 0.3) is 0 Å². The van der Waals surface area contributed by atoms with Gasteiger partial charge in [0, 0.05) is 18.2 Å². The van der Waals surface area contributed by atoms with Crippen molar-refractivity contribution in [1.82, 2.24) is 9.97 Å². The Labute approximate surface area is 138 Å². The molecule has 3 rings (SSSR count). The van der Waals surface area contributed by atoms with Crippen LogP contribution in [0, 0.1) is 30.9 Å². The topological polar surface area (TPSA) is 46.0 Å². The fourth-order valence-electron chi connectivity index (χ4n) is 2.44. The maximum absolute atomic E-state index is 14.1. The third kappa shape index (κ3) is 2.97. The van der Waals surface area contributed by atoms with E-state index in [1.165, 1.54) is 19.2 Å². The van der Waals surface area contributed by atoms with Gasteiger partial charge in [0.05, 0.1) is 16.7 Å². The summed E-state index contributed by atoms with van der Waals surface area (Å²) >= 11 is 0. The molecule has 120 valence electrons. The van der Waals surface area contributed by atoms with Crippen molar-refractivity contribution in [2.75, 3.05) is 0 Å². The van der Waals surface area contributed by atoms with Gasteiger partial charge in [0.15, 0.2) is 11.6 Å². The van der Waals surface area contributed by atoms with E-state index < -0.39 is 17.7 Å². The largest absolute Gasteiger partial charge is 0.380 e. The highest BCUT2D eigenvalue weighted by atomic mass is 19.2. The zero-order valence-corrected chi connectivity index (χ0v) is 12.9. The number of halogens is 2. The van der Waals surface area contributed by atoms with Crippen molar-refractivity contribution in [3.63, 3.8) is 0 Å². The summed E-state index contributed by atoms with van der Waals surface area (Å²) in [5, 5.41) is 9.47. The first-order valence-electron chi connectivity index (χ1n) is 7.34. The van der Waals surface area contributed by atoms with Gasteiger partial charge in [-0.15, -0.1) is 6.42 Å². The number of aliphatic hydroxyl groups excluding tert-OH is 1. The van der Waals surface area contributed by atoms with E-state index in [4.69, 9.17) is 6.42 Å². The smallest absolute Gasteiger partial charge is 0.166 e. The Morgan fingerprint density at radius 1 is 1.17 bits per heavy atom. The SMILES string of the molecule is C#CC(O)Cc1cnc2cc(-c3ccc(C)c(F)c3F)ccc2n1. The molecule has 0 saturated heterocycles.